The first kappa shape index (κ1) is 53.6. The van der Waals surface area contributed by atoms with Crippen molar-refractivity contribution in [3.63, 3.8) is 0 Å². The minimum atomic E-state index is -1.41. The summed E-state index contributed by atoms with van der Waals surface area (Å²) in [5, 5.41) is 56.1. The van der Waals surface area contributed by atoms with E-state index in [0.29, 0.717) is 37.3 Å². The number of amides is 4. The van der Waals surface area contributed by atoms with E-state index >= 15 is 0 Å². The molecule has 0 saturated heterocycles. The van der Waals surface area contributed by atoms with E-state index < -0.39 is 83.8 Å². The fraction of sp³-hybridized carbons (Fsp3) is 0.300. The summed E-state index contributed by atoms with van der Waals surface area (Å²) in [5.74, 6) is -6.62. The molecule has 2 aliphatic heterocycles. The van der Waals surface area contributed by atoms with Gasteiger partial charge in [0, 0.05) is 60.6 Å². The average molecular weight is 985 g/mol. The van der Waals surface area contributed by atoms with Crippen LogP contribution in [0, 0.1) is 0 Å². The Balaban J connectivity index is 0.000000296. The van der Waals surface area contributed by atoms with Crippen molar-refractivity contribution in [2.24, 2.45) is 0 Å². The zero-order chi connectivity index (χ0) is 49.7. The van der Waals surface area contributed by atoms with Crippen LogP contribution in [0.5, 0.6) is 0 Å². The molecule has 0 aliphatic carbocycles. The van der Waals surface area contributed by atoms with E-state index in [9.17, 15) is 58.2 Å². The molecular formula is C40H44CaN14O14. The molecule has 360 valence electrons. The number of aromatic nitrogens is 4. The Hall–Kier alpha value is -7.98. The Morgan fingerprint density at radius 2 is 1.01 bits per heavy atom. The number of carboxylic acid groups (broad SMARTS) is 4. The van der Waals surface area contributed by atoms with Crippen LogP contribution in [-0.2, 0) is 28.8 Å². The standard InChI is InChI=1S/2C20H23N7O7.Ca/c2*21-20-25-16-15(18(32)26-20)27(9-28)12(8-23-16)7-22-11-3-1-10(2-4-11)17(31)24-13(19(33)34)5-6-14(29)30;/h2*1-4,9,12-13,22H,5-8H2,(H,24,31)(H,29,30)(H,33,34)(H4,21,23,25,26,32);/q;;+2/p-2/t2*12-,13+;/m11./s1. The van der Waals surface area contributed by atoms with Crippen LogP contribution >= 0.6 is 0 Å². The van der Waals surface area contributed by atoms with E-state index in [-0.39, 0.29) is 110 Å². The average Bonchev–Trinajstić information content (AvgIpc) is 3.29. The molecular weight excluding hydrogens is 941 g/mol. The molecule has 2 aliphatic rings. The van der Waals surface area contributed by atoms with Crippen molar-refractivity contribution in [3.8, 4) is 0 Å². The van der Waals surface area contributed by atoms with Crippen LogP contribution in [0.2, 0.25) is 0 Å². The molecule has 0 spiro atoms. The molecule has 4 aromatic rings. The van der Waals surface area contributed by atoms with E-state index in [1.54, 1.807) is 24.3 Å². The van der Waals surface area contributed by atoms with Gasteiger partial charge in [0.1, 0.15) is 12.1 Å². The maximum absolute atomic E-state index is 12.3. The number of nitrogen functional groups attached to an aromatic ring is 2. The molecule has 4 heterocycles. The molecule has 0 fully saturated rings. The summed E-state index contributed by atoms with van der Waals surface area (Å²) >= 11 is 0. The van der Waals surface area contributed by atoms with Gasteiger partial charge >= 0.3 is 49.7 Å². The zero-order valence-electron chi connectivity index (χ0n) is 36.2. The van der Waals surface area contributed by atoms with Crippen LogP contribution in [0.25, 0.3) is 0 Å². The smallest absolute Gasteiger partial charge is 0.550 e. The van der Waals surface area contributed by atoms with Gasteiger partial charge in [-0.2, -0.15) is 9.97 Å². The Bertz CT molecular complexity index is 2490. The van der Waals surface area contributed by atoms with Gasteiger partial charge in [0.2, 0.25) is 24.7 Å². The molecule has 2 aromatic carbocycles. The number of nitrogens with one attached hydrogen (secondary N) is 8. The van der Waals surface area contributed by atoms with Crippen molar-refractivity contribution < 1.29 is 58.8 Å². The number of carboxylic acids is 4. The van der Waals surface area contributed by atoms with Crippen molar-refractivity contribution in [1.82, 2.24) is 30.6 Å². The number of carbonyl (C=O) groups excluding carboxylic acids is 6. The molecule has 0 saturated carbocycles. The molecule has 0 unspecified atom stereocenters. The normalized spacial score (nSPS) is 15.2. The number of benzene rings is 2. The third-order valence-corrected chi connectivity index (χ3v) is 10.2. The number of hydrogen-bond acceptors (Lipinski definition) is 20. The third kappa shape index (κ3) is 14.5. The predicted octanol–water partition coefficient (Wildman–Crippen LogP) is -4.51. The second-order valence-corrected chi connectivity index (χ2v) is 14.9. The summed E-state index contributed by atoms with van der Waals surface area (Å²) in [6, 6.07) is 8.55. The van der Waals surface area contributed by atoms with Gasteiger partial charge in [-0.1, -0.05) is 0 Å². The number of aliphatic carboxylic acids is 4. The van der Waals surface area contributed by atoms with Crippen molar-refractivity contribution >= 4 is 133 Å². The number of anilines is 8. The van der Waals surface area contributed by atoms with Crippen LogP contribution in [0.3, 0.4) is 0 Å². The predicted molar refractivity (Wildman–Crippen MR) is 242 cm³/mol. The van der Waals surface area contributed by atoms with Crippen LogP contribution in [0.4, 0.5) is 46.3 Å². The number of H-pyrrole nitrogens is 2. The van der Waals surface area contributed by atoms with Gasteiger partial charge in [-0.3, -0.25) is 38.7 Å². The van der Waals surface area contributed by atoms with Crippen molar-refractivity contribution in [1.29, 1.82) is 0 Å². The minimum absolute atomic E-state index is 0. The van der Waals surface area contributed by atoms with Crippen LogP contribution in [-0.4, -0.2) is 167 Å². The number of rotatable bonds is 20. The summed E-state index contributed by atoms with van der Waals surface area (Å²) in [5.41, 5.74) is 11.6. The molecule has 69 heavy (non-hydrogen) atoms. The summed E-state index contributed by atoms with van der Waals surface area (Å²) in [6.45, 7) is 1.12. The monoisotopic (exact) mass is 984 g/mol. The van der Waals surface area contributed by atoms with E-state index in [1.807, 2.05) is 0 Å². The number of aromatic amines is 2. The second-order valence-electron chi connectivity index (χ2n) is 14.9. The Morgan fingerprint density at radius 1 is 0.667 bits per heavy atom. The van der Waals surface area contributed by atoms with Gasteiger partial charge in [-0.15, -0.1) is 0 Å². The Kier molecular flexibility index (Phi) is 19.2. The summed E-state index contributed by atoms with van der Waals surface area (Å²) < 4.78 is 0. The molecule has 6 rings (SSSR count). The fourth-order valence-electron chi connectivity index (χ4n) is 6.78. The maximum atomic E-state index is 12.3. The number of carbonyl (C=O) groups is 8. The van der Waals surface area contributed by atoms with Crippen molar-refractivity contribution in [3.05, 3.63) is 80.4 Å². The van der Waals surface area contributed by atoms with E-state index in [0.717, 1.165) is 0 Å². The molecule has 4 atom stereocenters. The first-order valence-electron chi connectivity index (χ1n) is 20.3. The molecule has 14 N–H and O–H groups in total. The van der Waals surface area contributed by atoms with E-state index in [4.69, 9.17) is 21.7 Å². The molecule has 0 radical (unpaired) electrons. The van der Waals surface area contributed by atoms with Gasteiger partial charge in [0.15, 0.2) is 23.0 Å². The summed E-state index contributed by atoms with van der Waals surface area (Å²) in [6.07, 6.45) is -0.557. The van der Waals surface area contributed by atoms with Crippen LogP contribution < -0.4 is 74.5 Å². The first-order valence-corrected chi connectivity index (χ1v) is 20.3. The summed E-state index contributed by atoms with van der Waals surface area (Å²) in [4.78, 5) is 131. The first-order chi connectivity index (χ1) is 32.4. The Morgan fingerprint density at radius 3 is 1.32 bits per heavy atom. The van der Waals surface area contributed by atoms with Crippen molar-refractivity contribution in [2.75, 3.05) is 68.7 Å². The fourth-order valence-corrected chi connectivity index (χ4v) is 6.78. The van der Waals surface area contributed by atoms with Crippen molar-refractivity contribution in [2.45, 2.75) is 49.9 Å². The molecule has 2 aromatic heterocycles. The van der Waals surface area contributed by atoms with Crippen LogP contribution in [0.1, 0.15) is 46.4 Å². The number of hydrogen-bond donors (Lipinski definition) is 12. The molecule has 28 nitrogen and oxygen atoms in total. The van der Waals surface area contributed by atoms with E-state index in [2.05, 4.69) is 51.8 Å². The van der Waals surface area contributed by atoms with Crippen LogP contribution in [0.15, 0.2) is 58.1 Å². The topological polar surface area (TPSA) is 445 Å². The number of nitrogens with zero attached hydrogens (tertiary/aromatic N) is 4. The third-order valence-electron chi connectivity index (χ3n) is 10.2. The second kappa shape index (κ2) is 24.7. The quantitative estimate of drug-likeness (QED) is 0.0293. The maximum Gasteiger partial charge on any atom is 2.00 e. The largest absolute Gasteiger partial charge is 2.00 e. The summed E-state index contributed by atoms with van der Waals surface area (Å²) in [7, 11) is 0. The zero-order valence-corrected chi connectivity index (χ0v) is 38.4. The van der Waals surface area contributed by atoms with Gasteiger partial charge in [0.25, 0.3) is 22.9 Å². The molecule has 4 amide bonds. The minimum Gasteiger partial charge on any atom is -0.550 e. The van der Waals surface area contributed by atoms with Gasteiger partial charge in [0.05, 0.1) is 12.1 Å². The molecule has 0 bridgehead atoms. The Labute approximate surface area is 418 Å². The number of fused-ring (bicyclic) bond motifs is 2. The number of nitrogens with two attached hydrogens (primary N) is 2. The van der Waals surface area contributed by atoms with Gasteiger partial charge in [-0.05, 0) is 74.2 Å². The van der Waals surface area contributed by atoms with Gasteiger partial charge in [-0.25, -0.2) is 9.59 Å². The van der Waals surface area contributed by atoms with Gasteiger partial charge < -0.3 is 83.2 Å². The van der Waals surface area contributed by atoms with E-state index in [1.165, 1.54) is 34.1 Å². The molecule has 29 heteroatoms. The SMILES string of the molecule is Nc1nc2c(c(=O)[nH]1)N(C=O)[C@H](CNc1ccc(C(=O)N[C@@H](CCC(=O)[O-])C(=O)O)cc1)CN2.Nc1nc2c(c(=O)[nH]1)N(C=O)[C@H](CNc1ccc(C(=O)N[C@@H](CCC(=O)[O-])C(=O)O)cc1)CN2.[Ca+2].